The molecule has 0 fully saturated rings. The van der Waals surface area contributed by atoms with Gasteiger partial charge in [-0.3, -0.25) is 4.79 Å². The Morgan fingerprint density at radius 2 is 1.87 bits per heavy atom. The molecule has 0 aromatic carbocycles. The van der Waals surface area contributed by atoms with Gasteiger partial charge in [-0.25, -0.2) is 0 Å². The van der Waals surface area contributed by atoms with E-state index in [9.17, 15) is 4.79 Å². The Bertz CT molecular complexity index is 171. The van der Waals surface area contributed by atoms with Gasteiger partial charge in [0.15, 0.2) is 0 Å². The molecule has 15 heavy (non-hydrogen) atoms. The third-order valence-electron chi connectivity index (χ3n) is 2.81. The smallest absolute Gasteiger partial charge is 0.216 e. The van der Waals surface area contributed by atoms with E-state index in [-0.39, 0.29) is 5.91 Å². The first-order valence-electron chi connectivity index (χ1n) is 6.07. The van der Waals surface area contributed by atoms with Crippen molar-refractivity contribution in [1.82, 2.24) is 10.6 Å². The summed E-state index contributed by atoms with van der Waals surface area (Å²) in [6.07, 6.45) is 3.63. The van der Waals surface area contributed by atoms with Crippen LogP contribution in [0.25, 0.3) is 0 Å². The Balaban J connectivity index is 3.56. The van der Waals surface area contributed by atoms with Crippen LogP contribution in [0.3, 0.4) is 0 Å². The number of hydrogen-bond donors (Lipinski definition) is 2. The summed E-state index contributed by atoms with van der Waals surface area (Å²) in [6.45, 7) is 9.88. The Morgan fingerprint density at radius 1 is 1.20 bits per heavy atom. The number of carbonyl (C=O) groups is 1. The fourth-order valence-electron chi connectivity index (χ4n) is 1.56. The Kier molecular flexibility index (Phi) is 8.38. The van der Waals surface area contributed by atoms with Gasteiger partial charge in [0.1, 0.15) is 0 Å². The summed E-state index contributed by atoms with van der Waals surface area (Å²) in [7, 11) is 0. The standard InChI is InChI=1S/C12H26N2O/c1-5-10(3)9-12(6-2)14-8-7-13-11(4)15/h10,12,14H,5-9H2,1-4H3,(H,13,15). The molecule has 0 bridgehead atoms. The van der Waals surface area contributed by atoms with Crippen LogP contribution in [-0.4, -0.2) is 25.0 Å². The van der Waals surface area contributed by atoms with Crippen molar-refractivity contribution in [2.75, 3.05) is 13.1 Å². The van der Waals surface area contributed by atoms with Crippen molar-refractivity contribution < 1.29 is 4.79 Å². The molecule has 0 saturated heterocycles. The predicted octanol–water partition coefficient (Wildman–Crippen LogP) is 1.93. The molecule has 0 heterocycles. The maximum Gasteiger partial charge on any atom is 0.216 e. The third kappa shape index (κ3) is 8.43. The first-order chi connectivity index (χ1) is 7.10. The number of carbonyl (C=O) groups excluding carboxylic acids is 1. The second-order valence-corrected chi connectivity index (χ2v) is 4.29. The molecule has 2 atom stereocenters. The minimum atomic E-state index is 0.0479. The van der Waals surface area contributed by atoms with E-state index in [0.717, 1.165) is 25.4 Å². The van der Waals surface area contributed by atoms with Crippen LogP contribution < -0.4 is 10.6 Å². The lowest BCUT2D eigenvalue weighted by Crippen LogP contribution is -2.36. The van der Waals surface area contributed by atoms with Gasteiger partial charge in [-0.05, 0) is 18.8 Å². The van der Waals surface area contributed by atoms with Crippen LogP contribution in [0.15, 0.2) is 0 Å². The normalized spacial score (nSPS) is 14.7. The lowest BCUT2D eigenvalue weighted by molar-refractivity contribution is -0.118. The fourth-order valence-corrected chi connectivity index (χ4v) is 1.56. The van der Waals surface area contributed by atoms with Gasteiger partial charge >= 0.3 is 0 Å². The van der Waals surface area contributed by atoms with Gasteiger partial charge in [-0.15, -0.1) is 0 Å². The molecule has 0 aromatic rings. The van der Waals surface area contributed by atoms with E-state index in [1.165, 1.54) is 12.8 Å². The van der Waals surface area contributed by atoms with Gasteiger partial charge in [-0.2, -0.15) is 0 Å². The molecule has 0 spiro atoms. The summed E-state index contributed by atoms with van der Waals surface area (Å²) >= 11 is 0. The van der Waals surface area contributed by atoms with Gasteiger partial charge in [0.2, 0.25) is 5.91 Å². The minimum Gasteiger partial charge on any atom is -0.355 e. The van der Waals surface area contributed by atoms with Crippen molar-refractivity contribution in [1.29, 1.82) is 0 Å². The SMILES string of the molecule is CCC(C)CC(CC)NCCNC(C)=O. The van der Waals surface area contributed by atoms with Crippen LogP contribution in [0.5, 0.6) is 0 Å². The molecule has 2 N–H and O–H groups in total. The van der Waals surface area contributed by atoms with Crippen LogP contribution in [-0.2, 0) is 4.79 Å². The molecule has 0 aliphatic rings. The zero-order valence-electron chi connectivity index (χ0n) is 10.6. The minimum absolute atomic E-state index is 0.0479. The highest BCUT2D eigenvalue weighted by molar-refractivity contribution is 5.72. The monoisotopic (exact) mass is 214 g/mol. The summed E-state index contributed by atoms with van der Waals surface area (Å²) < 4.78 is 0. The summed E-state index contributed by atoms with van der Waals surface area (Å²) in [5, 5.41) is 6.27. The summed E-state index contributed by atoms with van der Waals surface area (Å²) in [5.41, 5.74) is 0. The highest BCUT2D eigenvalue weighted by Crippen LogP contribution is 2.11. The lowest BCUT2D eigenvalue weighted by atomic mass is 9.98. The second-order valence-electron chi connectivity index (χ2n) is 4.29. The highest BCUT2D eigenvalue weighted by Gasteiger charge is 2.09. The van der Waals surface area contributed by atoms with Crippen molar-refractivity contribution in [3.8, 4) is 0 Å². The molecule has 0 aliphatic carbocycles. The Hall–Kier alpha value is -0.570. The lowest BCUT2D eigenvalue weighted by Gasteiger charge is -2.20. The zero-order valence-corrected chi connectivity index (χ0v) is 10.6. The third-order valence-corrected chi connectivity index (χ3v) is 2.81. The van der Waals surface area contributed by atoms with E-state index in [0.29, 0.717) is 6.04 Å². The quantitative estimate of drug-likeness (QED) is 0.606. The average Bonchev–Trinajstić information content (AvgIpc) is 2.21. The molecule has 0 saturated carbocycles. The molecule has 0 rings (SSSR count). The van der Waals surface area contributed by atoms with E-state index >= 15 is 0 Å². The predicted molar refractivity (Wildman–Crippen MR) is 64.8 cm³/mol. The van der Waals surface area contributed by atoms with Crippen LogP contribution in [0.2, 0.25) is 0 Å². The number of amides is 1. The average molecular weight is 214 g/mol. The van der Waals surface area contributed by atoms with Crippen molar-refractivity contribution in [3.05, 3.63) is 0 Å². The van der Waals surface area contributed by atoms with Crippen LogP contribution >= 0.6 is 0 Å². The zero-order chi connectivity index (χ0) is 11.7. The molecule has 0 radical (unpaired) electrons. The molecular weight excluding hydrogens is 188 g/mol. The van der Waals surface area contributed by atoms with Gasteiger partial charge in [0, 0.05) is 26.1 Å². The number of nitrogens with one attached hydrogen (secondary N) is 2. The van der Waals surface area contributed by atoms with Gasteiger partial charge in [0.05, 0.1) is 0 Å². The van der Waals surface area contributed by atoms with Gasteiger partial charge in [0.25, 0.3) is 0 Å². The first kappa shape index (κ1) is 14.4. The van der Waals surface area contributed by atoms with Crippen molar-refractivity contribution >= 4 is 5.91 Å². The van der Waals surface area contributed by atoms with E-state index in [2.05, 4.69) is 31.4 Å². The van der Waals surface area contributed by atoms with Crippen molar-refractivity contribution in [3.63, 3.8) is 0 Å². The van der Waals surface area contributed by atoms with E-state index in [1.807, 2.05) is 0 Å². The van der Waals surface area contributed by atoms with Crippen LogP contribution in [0.4, 0.5) is 0 Å². The van der Waals surface area contributed by atoms with E-state index in [1.54, 1.807) is 6.92 Å². The Labute approximate surface area is 94.0 Å². The van der Waals surface area contributed by atoms with Crippen LogP contribution in [0, 0.1) is 5.92 Å². The van der Waals surface area contributed by atoms with E-state index in [4.69, 9.17) is 0 Å². The molecule has 0 aliphatic heterocycles. The molecule has 0 aromatic heterocycles. The number of hydrogen-bond acceptors (Lipinski definition) is 2. The number of rotatable bonds is 8. The topological polar surface area (TPSA) is 41.1 Å². The highest BCUT2D eigenvalue weighted by atomic mass is 16.1. The first-order valence-corrected chi connectivity index (χ1v) is 6.07. The maximum absolute atomic E-state index is 10.6. The van der Waals surface area contributed by atoms with Gasteiger partial charge in [-0.1, -0.05) is 27.2 Å². The molecule has 90 valence electrons. The van der Waals surface area contributed by atoms with Gasteiger partial charge < -0.3 is 10.6 Å². The largest absolute Gasteiger partial charge is 0.355 e. The summed E-state index contributed by atoms with van der Waals surface area (Å²) in [5.74, 6) is 0.829. The Morgan fingerprint density at radius 3 is 2.33 bits per heavy atom. The van der Waals surface area contributed by atoms with Crippen LogP contribution in [0.1, 0.15) is 47.0 Å². The van der Waals surface area contributed by atoms with Crippen molar-refractivity contribution in [2.24, 2.45) is 5.92 Å². The second kappa shape index (κ2) is 8.72. The molecular formula is C12H26N2O. The molecule has 1 amide bonds. The van der Waals surface area contributed by atoms with E-state index < -0.39 is 0 Å². The summed E-state index contributed by atoms with van der Waals surface area (Å²) in [4.78, 5) is 10.6. The fraction of sp³-hybridized carbons (Fsp3) is 0.917. The van der Waals surface area contributed by atoms with Crippen molar-refractivity contribution in [2.45, 2.75) is 53.0 Å². The maximum atomic E-state index is 10.6. The summed E-state index contributed by atoms with van der Waals surface area (Å²) in [6, 6.07) is 0.591. The molecule has 2 unspecified atom stereocenters. The molecule has 3 nitrogen and oxygen atoms in total. The molecule has 3 heteroatoms.